The average molecular weight is 152 g/mol. The highest BCUT2D eigenvalue weighted by Crippen LogP contribution is 2.44. The van der Waals surface area contributed by atoms with E-state index >= 15 is 0 Å². The minimum atomic E-state index is -0.477. The summed E-state index contributed by atoms with van der Waals surface area (Å²) < 4.78 is 5.47. The van der Waals surface area contributed by atoms with Gasteiger partial charge in [-0.25, -0.2) is 0 Å². The van der Waals surface area contributed by atoms with Crippen molar-refractivity contribution in [1.29, 1.82) is 0 Å². The third-order valence-corrected chi connectivity index (χ3v) is 2.63. The molecule has 0 aromatic carbocycles. The second-order valence-corrected chi connectivity index (χ2v) is 3.15. The van der Waals surface area contributed by atoms with Gasteiger partial charge in [-0.3, -0.25) is 4.79 Å². The fourth-order valence-electron chi connectivity index (χ4n) is 1.97. The highest BCUT2D eigenvalue weighted by atomic mass is 16.5. The predicted molar refractivity (Wildman–Crippen MR) is 41.2 cm³/mol. The molecule has 0 bridgehead atoms. The number of rotatable bonds is 2. The number of carbonyl (C=O) groups is 1. The predicted octanol–water partition coefficient (Wildman–Crippen LogP) is 1.31. The molecule has 2 rings (SSSR count). The van der Waals surface area contributed by atoms with Crippen LogP contribution in [0.4, 0.5) is 0 Å². The highest BCUT2D eigenvalue weighted by Gasteiger charge is 2.52. The number of ketones is 1. The van der Waals surface area contributed by atoms with E-state index in [0.29, 0.717) is 18.9 Å². The molecule has 1 fully saturated rings. The minimum Gasteiger partial charge on any atom is -0.363 e. The summed E-state index contributed by atoms with van der Waals surface area (Å²) in [5.41, 5.74) is -0.477. The van der Waals surface area contributed by atoms with Crippen LogP contribution in [0.15, 0.2) is 12.2 Å². The van der Waals surface area contributed by atoms with Gasteiger partial charge in [0.05, 0.1) is 0 Å². The zero-order valence-corrected chi connectivity index (χ0v) is 6.67. The molecule has 0 aliphatic heterocycles. The van der Waals surface area contributed by atoms with Gasteiger partial charge in [0, 0.05) is 18.9 Å². The Bertz CT molecular complexity index is 220. The van der Waals surface area contributed by atoms with Crippen LogP contribution < -0.4 is 0 Å². The molecule has 11 heavy (non-hydrogen) atoms. The Labute approximate surface area is 66.2 Å². The molecule has 2 aliphatic carbocycles. The maximum atomic E-state index is 11.4. The summed E-state index contributed by atoms with van der Waals surface area (Å²) in [6, 6.07) is 0. The SMILES string of the molecule is CCO[C@@]12C=C[C@@H]1CCC2=O. The van der Waals surface area contributed by atoms with E-state index in [9.17, 15) is 4.79 Å². The van der Waals surface area contributed by atoms with Gasteiger partial charge in [0.1, 0.15) is 0 Å². The first-order valence-corrected chi connectivity index (χ1v) is 4.16. The smallest absolute Gasteiger partial charge is 0.169 e. The minimum absolute atomic E-state index is 0.270. The van der Waals surface area contributed by atoms with Crippen molar-refractivity contribution >= 4 is 5.78 Å². The van der Waals surface area contributed by atoms with Crippen molar-refractivity contribution in [3.8, 4) is 0 Å². The Balaban J connectivity index is 2.22. The molecule has 2 nitrogen and oxygen atoms in total. The van der Waals surface area contributed by atoms with Crippen molar-refractivity contribution < 1.29 is 9.53 Å². The molecule has 0 saturated heterocycles. The third-order valence-electron chi connectivity index (χ3n) is 2.63. The molecule has 2 atom stereocenters. The van der Waals surface area contributed by atoms with Gasteiger partial charge in [-0.15, -0.1) is 0 Å². The number of fused-ring (bicyclic) bond motifs is 1. The standard InChI is InChI=1S/C9H12O2/c1-2-11-9-6-5-7(9)3-4-8(9)10/h5-7H,2-4H2,1H3/t7-,9-/m0/s1. The van der Waals surface area contributed by atoms with Crippen LogP contribution in [0.1, 0.15) is 19.8 Å². The van der Waals surface area contributed by atoms with E-state index in [1.54, 1.807) is 0 Å². The number of carbonyl (C=O) groups excluding carboxylic acids is 1. The summed E-state index contributed by atoms with van der Waals surface area (Å²) >= 11 is 0. The molecule has 0 spiro atoms. The van der Waals surface area contributed by atoms with Gasteiger partial charge in [-0.2, -0.15) is 0 Å². The van der Waals surface area contributed by atoms with Crippen molar-refractivity contribution in [3.05, 3.63) is 12.2 Å². The fourth-order valence-corrected chi connectivity index (χ4v) is 1.97. The van der Waals surface area contributed by atoms with Gasteiger partial charge >= 0.3 is 0 Å². The Morgan fingerprint density at radius 3 is 3.09 bits per heavy atom. The zero-order valence-electron chi connectivity index (χ0n) is 6.67. The quantitative estimate of drug-likeness (QED) is 0.558. The molecular formula is C9H12O2. The monoisotopic (exact) mass is 152 g/mol. The first-order valence-electron chi connectivity index (χ1n) is 4.16. The van der Waals surface area contributed by atoms with Crippen molar-refractivity contribution in [3.63, 3.8) is 0 Å². The van der Waals surface area contributed by atoms with E-state index in [0.717, 1.165) is 6.42 Å². The lowest BCUT2D eigenvalue weighted by Gasteiger charge is -2.35. The number of hydrogen-bond acceptors (Lipinski definition) is 2. The molecule has 0 unspecified atom stereocenters. The van der Waals surface area contributed by atoms with Gasteiger partial charge in [-0.1, -0.05) is 6.08 Å². The highest BCUT2D eigenvalue weighted by molar-refractivity contribution is 5.94. The van der Waals surface area contributed by atoms with E-state index in [2.05, 4.69) is 6.08 Å². The molecule has 2 aliphatic rings. The van der Waals surface area contributed by atoms with E-state index in [4.69, 9.17) is 4.74 Å². The zero-order chi connectivity index (χ0) is 7.90. The lowest BCUT2D eigenvalue weighted by atomic mass is 9.80. The first kappa shape index (κ1) is 7.04. The van der Waals surface area contributed by atoms with Gasteiger partial charge in [-0.05, 0) is 19.4 Å². The Hall–Kier alpha value is -0.630. The maximum absolute atomic E-state index is 11.4. The third kappa shape index (κ3) is 0.732. The molecule has 0 radical (unpaired) electrons. The van der Waals surface area contributed by atoms with Crippen LogP contribution >= 0.6 is 0 Å². The number of hydrogen-bond donors (Lipinski definition) is 0. The normalized spacial score (nSPS) is 40.5. The van der Waals surface area contributed by atoms with E-state index in [1.807, 2.05) is 13.0 Å². The van der Waals surface area contributed by atoms with Crippen LogP contribution in [0, 0.1) is 5.92 Å². The van der Waals surface area contributed by atoms with E-state index < -0.39 is 5.60 Å². The summed E-state index contributed by atoms with van der Waals surface area (Å²) in [5, 5.41) is 0. The largest absolute Gasteiger partial charge is 0.363 e. The molecule has 0 aromatic rings. The van der Waals surface area contributed by atoms with Gasteiger partial charge in [0.15, 0.2) is 11.4 Å². The molecule has 1 saturated carbocycles. The molecule has 2 heteroatoms. The van der Waals surface area contributed by atoms with Crippen LogP contribution in [0.5, 0.6) is 0 Å². The molecule has 0 heterocycles. The second-order valence-electron chi connectivity index (χ2n) is 3.15. The average Bonchev–Trinajstić information content (AvgIpc) is 2.14. The first-order chi connectivity index (χ1) is 5.29. The summed E-state index contributed by atoms with van der Waals surface area (Å²) in [5.74, 6) is 0.654. The van der Waals surface area contributed by atoms with Crippen molar-refractivity contribution in [2.75, 3.05) is 6.61 Å². The lowest BCUT2D eigenvalue weighted by molar-refractivity contribution is -0.138. The molecule has 0 amide bonds. The molecular weight excluding hydrogens is 140 g/mol. The number of Topliss-reactive ketones (excluding diaryl/α,β-unsaturated/α-hetero) is 1. The Morgan fingerprint density at radius 2 is 2.64 bits per heavy atom. The van der Waals surface area contributed by atoms with Crippen LogP contribution in [0.25, 0.3) is 0 Å². The number of ether oxygens (including phenoxy) is 1. The van der Waals surface area contributed by atoms with Gasteiger partial charge in [0.2, 0.25) is 0 Å². The van der Waals surface area contributed by atoms with E-state index in [1.165, 1.54) is 0 Å². The Kier molecular flexibility index (Phi) is 1.39. The van der Waals surface area contributed by atoms with Crippen LogP contribution in [-0.2, 0) is 9.53 Å². The van der Waals surface area contributed by atoms with E-state index in [-0.39, 0.29) is 5.78 Å². The Morgan fingerprint density at radius 1 is 1.82 bits per heavy atom. The van der Waals surface area contributed by atoms with Gasteiger partial charge < -0.3 is 4.74 Å². The van der Waals surface area contributed by atoms with Gasteiger partial charge in [0.25, 0.3) is 0 Å². The molecule has 0 aromatic heterocycles. The lowest BCUT2D eigenvalue weighted by Crippen LogP contribution is -2.45. The summed E-state index contributed by atoms with van der Waals surface area (Å²) in [6.07, 6.45) is 5.67. The fraction of sp³-hybridized carbons (Fsp3) is 0.667. The summed E-state index contributed by atoms with van der Waals surface area (Å²) in [6.45, 7) is 2.57. The van der Waals surface area contributed by atoms with Crippen LogP contribution in [0.3, 0.4) is 0 Å². The molecule has 0 N–H and O–H groups in total. The van der Waals surface area contributed by atoms with Crippen LogP contribution in [-0.4, -0.2) is 18.0 Å². The summed E-state index contributed by atoms with van der Waals surface area (Å²) in [4.78, 5) is 11.4. The van der Waals surface area contributed by atoms with Crippen molar-refractivity contribution in [2.45, 2.75) is 25.4 Å². The van der Waals surface area contributed by atoms with Crippen LogP contribution in [0.2, 0.25) is 0 Å². The molecule has 60 valence electrons. The topological polar surface area (TPSA) is 26.3 Å². The maximum Gasteiger partial charge on any atom is 0.169 e. The summed E-state index contributed by atoms with van der Waals surface area (Å²) in [7, 11) is 0. The van der Waals surface area contributed by atoms with Crippen molar-refractivity contribution in [2.24, 2.45) is 5.92 Å². The second kappa shape index (κ2) is 2.18. The van der Waals surface area contributed by atoms with Crippen molar-refractivity contribution in [1.82, 2.24) is 0 Å².